The second-order valence-electron chi connectivity index (χ2n) is 10.4. The van der Waals surface area contributed by atoms with E-state index >= 15 is 0 Å². The van der Waals surface area contributed by atoms with Crippen LogP contribution in [-0.2, 0) is 36.7 Å². The quantitative estimate of drug-likeness (QED) is 0.321. The van der Waals surface area contributed by atoms with E-state index in [1.807, 2.05) is 0 Å². The smallest absolute Gasteiger partial charge is 0.328 e. The Morgan fingerprint density at radius 1 is 1.18 bits per heavy atom. The fourth-order valence-electron chi connectivity index (χ4n) is 3.96. The van der Waals surface area contributed by atoms with Crippen LogP contribution in [0.1, 0.15) is 61.9 Å². The number of carbonyl (C=O) groups excluding carboxylic acids is 4. The number of hydrogen-bond donors (Lipinski definition) is 4. The summed E-state index contributed by atoms with van der Waals surface area (Å²) in [4.78, 5) is 67.9. The summed E-state index contributed by atoms with van der Waals surface area (Å²) >= 11 is 0. The Balaban J connectivity index is 1.56. The van der Waals surface area contributed by atoms with E-state index in [1.54, 1.807) is 26.8 Å². The average Bonchev–Trinajstić information content (AvgIpc) is 3.38. The predicted molar refractivity (Wildman–Crippen MR) is 140 cm³/mol. The maximum Gasteiger partial charge on any atom is 0.328 e. The number of aromatic amines is 1. The second kappa shape index (κ2) is 12.6. The molecule has 0 fully saturated rings. The van der Waals surface area contributed by atoms with Crippen LogP contribution in [0.5, 0.6) is 0 Å². The van der Waals surface area contributed by atoms with Crippen molar-refractivity contribution < 1.29 is 33.1 Å². The van der Waals surface area contributed by atoms with E-state index in [9.17, 15) is 24.0 Å². The number of anilines is 2. The van der Waals surface area contributed by atoms with Crippen LogP contribution in [0.15, 0.2) is 21.3 Å². The van der Waals surface area contributed by atoms with Gasteiger partial charge < -0.3 is 24.5 Å². The number of methoxy groups -OCH3 is 2. The van der Waals surface area contributed by atoms with E-state index in [2.05, 4.69) is 30.7 Å². The average molecular weight is 546 g/mol. The Hall–Kier alpha value is -4.16. The standard InChI is InChI=1S/C26H35N5O8/c1-26(2,3)24(36)31-25-29-20-16(21(33)30-25)12-14(13-27-20)6-7-15-8-10-18(39-15)22(34)28-17(23(35)38-5)9-11-19(32)37-4/h8,10,14,17H,6-7,9,11-13H2,1-5H3,(H,28,34)(H3,27,29,30,31,33,36)/t14?,17-/m1/s1. The Labute approximate surface area is 225 Å². The number of hydrogen-bond acceptors (Lipinski definition) is 10. The highest BCUT2D eigenvalue weighted by Crippen LogP contribution is 2.25. The molecule has 13 nitrogen and oxygen atoms in total. The molecule has 39 heavy (non-hydrogen) atoms. The van der Waals surface area contributed by atoms with Crippen molar-refractivity contribution in [3.63, 3.8) is 0 Å². The summed E-state index contributed by atoms with van der Waals surface area (Å²) in [6.07, 6.45) is 1.64. The monoisotopic (exact) mass is 545 g/mol. The molecule has 13 heteroatoms. The molecule has 1 aliphatic rings. The summed E-state index contributed by atoms with van der Waals surface area (Å²) in [6.45, 7) is 5.87. The number of fused-ring (bicyclic) bond motifs is 1. The van der Waals surface area contributed by atoms with Crippen molar-refractivity contribution in [3.05, 3.63) is 39.6 Å². The fourth-order valence-corrected chi connectivity index (χ4v) is 3.96. The van der Waals surface area contributed by atoms with Gasteiger partial charge in [0.1, 0.15) is 17.6 Å². The van der Waals surface area contributed by atoms with Crippen molar-refractivity contribution in [2.75, 3.05) is 31.4 Å². The van der Waals surface area contributed by atoms with Crippen molar-refractivity contribution in [1.29, 1.82) is 0 Å². The summed E-state index contributed by atoms with van der Waals surface area (Å²) in [5.41, 5.74) is -0.432. The number of carbonyl (C=O) groups is 4. The van der Waals surface area contributed by atoms with Gasteiger partial charge in [-0.2, -0.15) is 4.98 Å². The highest BCUT2D eigenvalue weighted by atomic mass is 16.5. The van der Waals surface area contributed by atoms with Gasteiger partial charge in [0, 0.05) is 24.8 Å². The minimum absolute atomic E-state index is 0.0211. The molecule has 0 aromatic carbocycles. The minimum atomic E-state index is -1.03. The lowest BCUT2D eigenvalue weighted by molar-refractivity contribution is -0.144. The van der Waals surface area contributed by atoms with Crippen LogP contribution in [0.4, 0.5) is 11.8 Å². The maximum absolute atomic E-state index is 12.7. The van der Waals surface area contributed by atoms with Gasteiger partial charge in [0.15, 0.2) is 5.76 Å². The van der Waals surface area contributed by atoms with Gasteiger partial charge in [-0.15, -0.1) is 0 Å². The van der Waals surface area contributed by atoms with Crippen LogP contribution in [0.3, 0.4) is 0 Å². The third-order valence-corrected chi connectivity index (χ3v) is 6.32. The van der Waals surface area contributed by atoms with Gasteiger partial charge >= 0.3 is 11.9 Å². The van der Waals surface area contributed by atoms with Gasteiger partial charge in [-0.1, -0.05) is 20.8 Å². The number of ether oxygens (including phenoxy) is 2. The first kappa shape index (κ1) is 29.4. The molecule has 0 saturated carbocycles. The molecule has 2 amide bonds. The highest BCUT2D eigenvalue weighted by molar-refractivity contribution is 5.94. The van der Waals surface area contributed by atoms with E-state index in [1.165, 1.54) is 20.3 Å². The van der Waals surface area contributed by atoms with Crippen molar-refractivity contribution in [2.45, 2.75) is 58.9 Å². The van der Waals surface area contributed by atoms with Crippen LogP contribution >= 0.6 is 0 Å². The molecule has 0 saturated heterocycles. The molecule has 3 rings (SSSR count). The molecule has 0 radical (unpaired) electrons. The number of nitrogens with zero attached hydrogens (tertiary/aromatic N) is 1. The second-order valence-corrected chi connectivity index (χ2v) is 10.4. The molecule has 0 aliphatic carbocycles. The zero-order valence-corrected chi connectivity index (χ0v) is 22.8. The normalized spacial score (nSPS) is 15.4. The number of H-pyrrole nitrogens is 1. The van der Waals surface area contributed by atoms with Crippen molar-refractivity contribution in [2.24, 2.45) is 11.3 Å². The lowest BCUT2D eigenvalue weighted by Gasteiger charge is -2.25. The van der Waals surface area contributed by atoms with E-state index in [0.717, 1.165) is 0 Å². The Kier molecular flexibility index (Phi) is 9.49. The third kappa shape index (κ3) is 7.91. The van der Waals surface area contributed by atoms with Crippen LogP contribution in [0, 0.1) is 11.3 Å². The van der Waals surface area contributed by atoms with E-state index < -0.39 is 29.3 Å². The molecule has 0 spiro atoms. The topological polar surface area (TPSA) is 182 Å². The van der Waals surface area contributed by atoms with Gasteiger partial charge in [-0.25, -0.2) is 4.79 Å². The van der Waals surface area contributed by atoms with E-state index in [-0.39, 0.29) is 41.9 Å². The number of nitrogens with one attached hydrogen (secondary N) is 4. The first-order valence-electron chi connectivity index (χ1n) is 12.6. The first-order valence-corrected chi connectivity index (χ1v) is 12.6. The van der Waals surface area contributed by atoms with Crippen molar-refractivity contribution in [1.82, 2.24) is 15.3 Å². The molecule has 212 valence electrons. The number of amides is 2. The zero-order chi connectivity index (χ0) is 28.7. The van der Waals surface area contributed by atoms with Crippen molar-refractivity contribution >= 4 is 35.5 Å². The van der Waals surface area contributed by atoms with Crippen LogP contribution in [-0.4, -0.2) is 60.5 Å². The van der Waals surface area contributed by atoms with Crippen molar-refractivity contribution in [3.8, 4) is 0 Å². The molecule has 2 atom stereocenters. The number of esters is 2. The largest absolute Gasteiger partial charge is 0.469 e. The molecule has 3 heterocycles. The molecule has 1 aliphatic heterocycles. The number of aromatic nitrogens is 2. The summed E-state index contributed by atoms with van der Waals surface area (Å²) in [5.74, 6) is -0.804. The molecule has 1 unspecified atom stereocenters. The summed E-state index contributed by atoms with van der Waals surface area (Å²) < 4.78 is 15.0. The van der Waals surface area contributed by atoms with E-state index in [4.69, 9.17) is 9.15 Å². The van der Waals surface area contributed by atoms with Gasteiger partial charge in [-0.05, 0) is 37.3 Å². The Morgan fingerprint density at radius 3 is 2.59 bits per heavy atom. The Bertz CT molecular complexity index is 1280. The highest BCUT2D eigenvalue weighted by Gasteiger charge is 2.27. The van der Waals surface area contributed by atoms with Crippen LogP contribution in [0.2, 0.25) is 0 Å². The number of furan rings is 1. The zero-order valence-electron chi connectivity index (χ0n) is 22.8. The lowest BCUT2D eigenvalue weighted by atomic mass is 9.92. The SMILES string of the molecule is COC(=O)CC[C@@H](NC(=O)c1ccc(CCC2CNc3nc(NC(=O)C(C)(C)C)[nH]c(=O)c3C2)o1)C(=O)OC. The lowest BCUT2D eigenvalue weighted by Crippen LogP contribution is -2.41. The Morgan fingerprint density at radius 2 is 1.92 bits per heavy atom. The van der Waals surface area contributed by atoms with Gasteiger partial charge in [0.05, 0.1) is 19.8 Å². The molecule has 4 N–H and O–H groups in total. The summed E-state index contributed by atoms with van der Waals surface area (Å²) in [6, 6.07) is 2.16. The number of rotatable bonds is 10. The van der Waals surface area contributed by atoms with Gasteiger partial charge in [-0.3, -0.25) is 29.5 Å². The molecular weight excluding hydrogens is 510 g/mol. The van der Waals surface area contributed by atoms with Gasteiger partial charge in [0.2, 0.25) is 11.9 Å². The molecule has 2 aromatic heterocycles. The minimum Gasteiger partial charge on any atom is -0.469 e. The first-order chi connectivity index (χ1) is 18.4. The molecule has 0 bridgehead atoms. The van der Waals surface area contributed by atoms with E-state index in [0.29, 0.717) is 42.9 Å². The van der Waals surface area contributed by atoms with Gasteiger partial charge in [0.25, 0.3) is 11.5 Å². The molecule has 2 aromatic rings. The summed E-state index contributed by atoms with van der Waals surface area (Å²) in [5, 5.41) is 8.34. The summed E-state index contributed by atoms with van der Waals surface area (Å²) in [7, 11) is 2.43. The predicted octanol–water partition coefficient (Wildman–Crippen LogP) is 1.79. The fraction of sp³-hybridized carbons (Fsp3) is 0.538. The van der Waals surface area contributed by atoms with Crippen LogP contribution < -0.4 is 21.5 Å². The molecular formula is C26H35N5O8. The number of aryl methyl sites for hydroxylation is 1. The third-order valence-electron chi connectivity index (χ3n) is 6.32. The maximum atomic E-state index is 12.7. The van der Waals surface area contributed by atoms with Crippen LogP contribution in [0.25, 0.3) is 0 Å².